The summed E-state index contributed by atoms with van der Waals surface area (Å²) in [6.07, 6.45) is 3.54. The summed E-state index contributed by atoms with van der Waals surface area (Å²) < 4.78 is 13.8. The van der Waals surface area contributed by atoms with Crippen LogP contribution in [0.3, 0.4) is 0 Å². The number of carbonyl (C=O) groups excluding carboxylic acids is 1. The zero-order chi connectivity index (χ0) is 23.2. The Bertz CT molecular complexity index is 1240. The van der Waals surface area contributed by atoms with Crippen LogP contribution < -0.4 is 10.2 Å². The Labute approximate surface area is 192 Å². The Kier molecular flexibility index (Phi) is 6.69. The first kappa shape index (κ1) is 22.1. The van der Waals surface area contributed by atoms with E-state index >= 15 is 0 Å². The Morgan fingerprint density at radius 3 is 2.42 bits per heavy atom. The molecule has 4 rings (SSSR count). The SMILES string of the molecule is CN(C)c1ncc(-c2ccccn2)c(-c2ccc(CNC(=O)Cc3ccccc3F)cc2)n1. The predicted molar refractivity (Wildman–Crippen MR) is 127 cm³/mol. The van der Waals surface area contributed by atoms with E-state index in [0.29, 0.717) is 18.1 Å². The number of benzene rings is 2. The number of hydrogen-bond donors (Lipinski definition) is 1. The minimum Gasteiger partial charge on any atom is -0.352 e. The molecule has 7 heteroatoms. The van der Waals surface area contributed by atoms with E-state index in [4.69, 9.17) is 4.98 Å². The molecule has 33 heavy (non-hydrogen) atoms. The summed E-state index contributed by atoms with van der Waals surface area (Å²) in [6.45, 7) is 0.355. The van der Waals surface area contributed by atoms with E-state index in [9.17, 15) is 9.18 Å². The first-order valence-electron chi connectivity index (χ1n) is 10.6. The molecule has 0 bridgehead atoms. The Morgan fingerprint density at radius 2 is 1.73 bits per heavy atom. The molecule has 0 fully saturated rings. The monoisotopic (exact) mass is 441 g/mol. The van der Waals surface area contributed by atoms with Gasteiger partial charge in [0.1, 0.15) is 5.82 Å². The number of rotatable bonds is 7. The molecule has 0 saturated heterocycles. The molecule has 0 aliphatic rings. The lowest BCUT2D eigenvalue weighted by Crippen LogP contribution is -2.24. The van der Waals surface area contributed by atoms with Gasteiger partial charge in [-0.05, 0) is 29.3 Å². The Hall–Kier alpha value is -4.13. The molecule has 6 nitrogen and oxygen atoms in total. The number of halogens is 1. The van der Waals surface area contributed by atoms with Gasteiger partial charge in [-0.2, -0.15) is 0 Å². The van der Waals surface area contributed by atoms with Crippen molar-refractivity contribution < 1.29 is 9.18 Å². The summed E-state index contributed by atoms with van der Waals surface area (Å²) in [5, 5.41) is 2.85. The third-order valence-corrected chi connectivity index (χ3v) is 5.14. The van der Waals surface area contributed by atoms with Crippen LogP contribution in [-0.2, 0) is 17.8 Å². The van der Waals surface area contributed by atoms with Gasteiger partial charge in [0.15, 0.2) is 0 Å². The summed E-state index contributed by atoms with van der Waals surface area (Å²) in [5.74, 6) is 0.00450. The van der Waals surface area contributed by atoms with E-state index in [1.807, 2.05) is 61.5 Å². The number of nitrogens with one attached hydrogen (secondary N) is 1. The zero-order valence-corrected chi connectivity index (χ0v) is 18.5. The van der Waals surface area contributed by atoms with E-state index < -0.39 is 0 Å². The molecule has 0 unspecified atom stereocenters. The van der Waals surface area contributed by atoms with Crippen molar-refractivity contribution in [2.45, 2.75) is 13.0 Å². The molecule has 4 aromatic rings. The molecular weight excluding hydrogens is 417 g/mol. The summed E-state index contributed by atoms with van der Waals surface area (Å²) >= 11 is 0. The number of pyridine rings is 1. The molecule has 0 atom stereocenters. The highest BCUT2D eigenvalue weighted by Gasteiger charge is 2.14. The van der Waals surface area contributed by atoms with Crippen molar-refractivity contribution >= 4 is 11.9 Å². The number of nitrogens with zero attached hydrogens (tertiary/aromatic N) is 4. The zero-order valence-electron chi connectivity index (χ0n) is 18.5. The third-order valence-electron chi connectivity index (χ3n) is 5.14. The molecule has 1 amide bonds. The van der Waals surface area contributed by atoms with Crippen molar-refractivity contribution in [3.8, 4) is 22.5 Å². The molecule has 0 spiro atoms. The van der Waals surface area contributed by atoms with Crippen LogP contribution in [0.25, 0.3) is 22.5 Å². The fourth-order valence-corrected chi connectivity index (χ4v) is 3.38. The van der Waals surface area contributed by atoms with Crippen LogP contribution in [0.15, 0.2) is 79.1 Å². The van der Waals surface area contributed by atoms with Crippen molar-refractivity contribution in [2.75, 3.05) is 19.0 Å². The van der Waals surface area contributed by atoms with E-state index in [-0.39, 0.29) is 18.1 Å². The maximum absolute atomic E-state index is 13.8. The van der Waals surface area contributed by atoms with Gasteiger partial charge in [-0.15, -0.1) is 0 Å². The Morgan fingerprint density at radius 1 is 0.970 bits per heavy atom. The average Bonchev–Trinajstić information content (AvgIpc) is 2.84. The van der Waals surface area contributed by atoms with Gasteiger partial charge in [0, 0.05) is 44.2 Å². The molecular formula is C26H24FN5O. The average molecular weight is 442 g/mol. The molecule has 0 aliphatic carbocycles. The minimum atomic E-state index is -0.373. The van der Waals surface area contributed by atoms with Gasteiger partial charge in [0.2, 0.25) is 11.9 Å². The van der Waals surface area contributed by atoms with Gasteiger partial charge in [0.05, 0.1) is 17.8 Å². The maximum Gasteiger partial charge on any atom is 0.225 e. The van der Waals surface area contributed by atoms with Gasteiger partial charge in [-0.1, -0.05) is 48.5 Å². The van der Waals surface area contributed by atoms with Crippen LogP contribution in [0.5, 0.6) is 0 Å². The smallest absolute Gasteiger partial charge is 0.225 e. The first-order valence-corrected chi connectivity index (χ1v) is 10.6. The number of hydrogen-bond acceptors (Lipinski definition) is 5. The second kappa shape index (κ2) is 9.99. The molecule has 2 heterocycles. The highest BCUT2D eigenvalue weighted by molar-refractivity contribution is 5.80. The van der Waals surface area contributed by atoms with Crippen LogP contribution in [-0.4, -0.2) is 35.0 Å². The Balaban J connectivity index is 1.51. The van der Waals surface area contributed by atoms with Gasteiger partial charge in [0.25, 0.3) is 0 Å². The normalized spacial score (nSPS) is 10.6. The fourth-order valence-electron chi connectivity index (χ4n) is 3.38. The van der Waals surface area contributed by atoms with Crippen molar-refractivity contribution in [1.29, 1.82) is 0 Å². The molecule has 0 aliphatic heterocycles. The van der Waals surface area contributed by atoms with Crippen LogP contribution in [0.4, 0.5) is 10.3 Å². The lowest BCUT2D eigenvalue weighted by Gasteiger charge is -2.14. The highest BCUT2D eigenvalue weighted by atomic mass is 19.1. The second-order valence-electron chi connectivity index (χ2n) is 7.78. The molecule has 0 radical (unpaired) electrons. The van der Waals surface area contributed by atoms with Crippen molar-refractivity contribution in [1.82, 2.24) is 20.3 Å². The van der Waals surface area contributed by atoms with E-state index in [2.05, 4.69) is 15.3 Å². The van der Waals surface area contributed by atoms with Gasteiger partial charge in [-0.3, -0.25) is 9.78 Å². The number of carbonyl (C=O) groups is 1. The number of anilines is 1. The standard InChI is InChI=1S/C26H24FN5O/c1-32(2)26-30-17-21(23-9-5-6-14-28-23)25(31-26)19-12-10-18(11-13-19)16-29-24(33)15-20-7-3-4-8-22(20)27/h3-14,17H,15-16H2,1-2H3,(H,29,33). The lowest BCUT2D eigenvalue weighted by atomic mass is 10.0. The summed E-state index contributed by atoms with van der Waals surface area (Å²) in [6, 6.07) is 19.8. The minimum absolute atomic E-state index is 0.00639. The van der Waals surface area contributed by atoms with Crippen molar-refractivity contribution in [3.63, 3.8) is 0 Å². The molecule has 0 saturated carbocycles. The fraction of sp³-hybridized carbons (Fsp3) is 0.154. The quantitative estimate of drug-likeness (QED) is 0.464. The highest BCUT2D eigenvalue weighted by Crippen LogP contribution is 2.30. The topological polar surface area (TPSA) is 71.0 Å². The summed E-state index contributed by atoms with van der Waals surface area (Å²) in [7, 11) is 3.79. The van der Waals surface area contributed by atoms with Crippen molar-refractivity contribution in [2.24, 2.45) is 0 Å². The second-order valence-corrected chi connectivity index (χ2v) is 7.78. The number of aromatic nitrogens is 3. The van der Waals surface area contributed by atoms with Crippen LogP contribution in [0.2, 0.25) is 0 Å². The van der Waals surface area contributed by atoms with Crippen molar-refractivity contribution in [3.05, 3.63) is 96.1 Å². The maximum atomic E-state index is 13.8. The predicted octanol–water partition coefficient (Wildman–Crippen LogP) is 4.27. The van der Waals surface area contributed by atoms with E-state index in [1.54, 1.807) is 30.6 Å². The third kappa shape index (κ3) is 5.38. The molecule has 1 N–H and O–H groups in total. The van der Waals surface area contributed by atoms with Crippen LogP contribution in [0.1, 0.15) is 11.1 Å². The van der Waals surface area contributed by atoms with Gasteiger partial charge in [-0.25, -0.2) is 14.4 Å². The molecule has 2 aromatic heterocycles. The molecule has 166 valence electrons. The van der Waals surface area contributed by atoms with E-state index in [0.717, 1.165) is 28.1 Å². The number of amides is 1. The summed E-state index contributed by atoms with van der Waals surface area (Å²) in [5.41, 5.74) is 4.65. The van der Waals surface area contributed by atoms with E-state index in [1.165, 1.54) is 6.07 Å². The summed E-state index contributed by atoms with van der Waals surface area (Å²) in [4.78, 5) is 27.7. The lowest BCUT2D eigenvalue weighted by molar-refractivity contribution is -0.120. The van der Waals surface area contributed by atoms with Gasteiger partial charge >= 0.3 is 0 Å². The molecule has 2 aromatic carbocycles. The largest absolute Gasteiger partial charge is 0.352 e. The first-order chi connectivity index (χ1) is 16.0. The van der Waals surface area contributed by atoms with Gasteiger partial charge < -0.3 is 10.2 Å². The van der Waals surface area contributed by atoms with Crippen LogP contribution >= 0.6 is 0 Å². The van der Waals surface area contributed by atoms with Crippen LogP contribution in [0, 0.1) is 5.82 Å².